The number of aromatic nitrogens is 2. The van der Waals surface area contributed by atoms with Gasteiger partial charge in [0.1, 0.15) is 5.69 Å². The van der Waals surface area contributed by atoms with Gasteiger partial charge in [-0.1, -0.05) is 0 Å². The number of aliphatic hydroxyl groups is 1. The number of likely N-dealkylation sites (tertiary alicyclic amines) is 1. The third kappa shape index (κ3) is 3.26. The number of carbonyl (C=O) groups excluding carboxylic acids is 1. The molecule has 2 heterocycles. The van der Waals surface area contributed by atoms with Crippen LogP contribution in [0.4, 0.5) is 14.9 Å². The highest BCUT2D eigenvalue weighted by Gasteiger charge is 2.25. The molecule has 1 atom stereocenters. The molecule has 1 saturated heterocycles. The first-order chi connectivity index (χ1) is 11.5. The molecule has 1 aliphatic rings. The van der Waals surface area contributed by atoms with Crippen LogP contribution in [-0.2, 0) is 0 Å². The van der Waals surface area contributed by atoms with Crippen molar-refractivity contribution in [1.82, 2.24) is 14.7 Å². The van der Waals surface area contributed by atoms with E-state index in [4.69, 9.17) is 5.11 Å². The maximum Gasteiger partial charge on any atom is 0.321 e. The molecule has 2 amide bonds. The van der Waals surface area contributed by atoms with Gasteiger partial charge >= 0.3 is 6.03 Å². The Labute approximate surface area is 139 Å². The number of halogens is 1. The lowest BCUT2D eigenvalue weighted by Crippen LogP contribution is -2.33. The Balaban J connectivity index is 1.73. The number of benzene rings is 1. The van der Waals surface area contributed by atoms with Crippen LogP contribution in [0.5, 0.6) is 0 Å². The number of hydrogen-bond acceptors (Lipinski definition) is 3. The molecule has 1 aliphatic heterocycles. The van der Waals surface area contributed by atoms with Crippen molar-refractivity contribution in [3.8, 4) is 5.69 Å². The van der Waals surface area contributed by atoms with E-state index in [1.807, 2.05) is 19.9 Å². The molecule has 1 aromatic heterocycles. The van der Waals surface area contributed by atoms with Crippen LogP contribution in [0.3, 0.4) is 0 Å². The largest absolute Gasteiger partial charge is 0.396 e. The summed E-state index contributed by atoms with van der Waals surface area (Å²) in [7, 11) is 0. The first-order valence-electron chi connectivity index (χ1n) is 7.98. The second-order valence-corrected chi connectivity index (χ2v) is 6.22. The average molecular weight is 332 g/mol. The molecule has 2 N–H and O–H groups in total. The Bertz CT molecular complexity index is 759. The Hall–Kier alpha value is -2.41. The van der Waals surface area contributed by atoms with Crippen LogP contribution in [0.1, 0.15) is 17.8 Å². The topological polar surface area (TPSA) is 70.4 Å². The smallest absolute Gasteiger partial charge is 0.321 e. The zero-order valence-electron chi connectivity index (χ0n) is 13.8. The van der Waals surface area contributed by atoms with Crippen molar-refractivity contribution in [2.45, 2.75) is 20.3 Å². The predicted octanol–water partition coefficient (Wildman–Crippen LogP) is 2.47. The number of aliphatic hydroxyl groups excluding tert-OH is 1. The molecule has 0 spiro atoms. The molecule has 2 aromatic rings. The standard InChI is InChI=1S/C17H21FN4O2/c1-11-7-12(2)22(20-11)16-4-3-14(8-15(16)18)19-17(24)21-6-5-13(9-21)10-23/h3-4,7-8,13,23H,5-6,9-10H2,1-2H3,(H,19,24). The highest BCUT2D eigenvalue weighted by Crippen LogP contribution is 2.21. The summed E-state index contributed by atoms with van der Waals surface area (Å²) in [6.45, 7) is 4.92. The SMILES string of the molecule is Cc1cc(C)n(-c2ccc(NC(=O)N3CCC(CO)C3)cc2F)n1. The monoisotopic (exact) mass is 332 g/mol. The average Bonchev–Trinajstić information content (AvgIpc) is 3.14. The van der Waals surface area contributed by atoms with Crippen molar-refractivity contribution >= 4 is 11.7 Å². The minimum atomic E-state index is -0.450. The Morgan fingerprint density at radius 1 is 1.42 bits per heavy atom. The Morgan fingerprint density at radius 2 is 2.21 bits per heavy atom. The van der Waals surface area contributed by atoms with Crippen LogP contribution < -0.4 is 5.32 Å². The van der Waals surface area contributed by atoms with Crippen LogP contribution in [0, 0.1) is 25.6 Å². The van der Waals surface area contributed by atoms with Gasteiger partial charge in [0.25, 0.3) is 0 Å². The van der Waals surface area contributed by atoms with Crippen LogP contribution in [0.15, 0.2) is 24.3 Å². The third-order valence-electron chi connectivity index (χ3n) is 4.27. The van der Waals surface area contributed by atoms with Gasteiger partial charge in [0.05, 0.1) is 5.69 Å². The fourth-order valence-electron chi connectivity index (χ4n) is 3.00. The first kappa shape index (κ1) is 16.4. The quantitative estimate of drug-likeness (QED) is 0.907. The summed E-state index contributed by atoms with van der Waals surface area (Å²) in [5.74, 6) is -0.324. The second-order valence-electron chi connectivity index (χ2n) is 6.22. The summed E-state index contributed by atoms with van der Waals surface area (Å²) >= 11 is 0. The van der Waals surface area contributed by atoms with E-state index in [0.717, 1.165) is 17.8 Å². The number of urea groups is 1. The Kier molecular flexibility index (Phi) is 4.53. The highest BCUT2D eigenvalue weighted by molar-refractivity contribution is 5.89. The van der Waals surface area contributed by atoms with Gasteiger partial charge < -0.3 is 15.3 Å². The van der Waals surface area contributed by atoms with E-state index in [1.165, 1.54) is 6.07 Å². The zero-order valence-corrected chi connectivity index (χ0v) is 13.8. The van der Waals surface area contributed by atoms with E-state index in [0.29, 0.717) is 24.5 Å². The molecule has 3 rings (SSSR count). The van der Waals surface area contributed by atoms with Gasteiger partial charge in [0.15, 0.2) is 5.82 Å². The molecule has 1 aromatic carbocycles. The van der Waals surface area contributed by atoms with Crippen molar-refractivity contribution < 1.29 is 14.3 Å². The van der Waals surface area contributed by atoms with E-state index >= 15 is 0 Å². The van der Waals surface area contributed by atoms with Crippen LogP contribution in [0.25, 0.3) is 5.69 Å². The van der Waals surface area contributed by atoms with E-state index in [-0.39, 0.29) is 18.6 Å². The summed E-state index contributed by atoms with van der Waals surface area (Å²) in [6, 6.07) is 6.16. The molecule has 128 valence electrons. The van der Waals surface area contributed by atoms with Crippen molar-refractivity contribution in [2.75, 3.05) is 25.0 Å². The number of rotatable bonds is 3. The molecule has 0 saturated carbocycles. The maximum absolute atomic E-state index is 14.4. The first-order valence-corrected chi connectivity index (χ1v) is 7.98. The van der Waals surface area contributed by atoms with Gasteiger partial charge in [-0.2, -0.15) is 5.10 Å². The van der Waals surface area contributed by atoms with E-state index < -0.39 is 5.82 Å². The van der Waals surface area contributed by atoms with Gasteiger partial charge in [-0.25, -0.2) is 13.9 Å². The van der Waals surface area contributed by atoms with Crippen molar-refractivity contribution in [2.24, 2.45) is 5.92 Å². The minimum absolute atomic E-state index is 0.0791. The van der Waals surface area contributed by atoms with Gasteiger partial charge in [-0.3, -0.25) is 0 Å². The predicted molar refractivity (Wildman–Crippen MR) is 88.8 cm³/mol. The Morgan fingerprint density at radius 3 is 2.79 bits per heavy atom. The molecule has 6 nitrogen and oxygen atoms in total. The van der Waals surface area contributed by atoms with Crippen molar-refractivity contribution in [1.29, 1.82) is 0 Å². The number of nitrogens with one attached hydrogen (secondary N) is 1. The number of nitrogens with zero attached hydrogens (tertiary/aromatic N) is 3. The number of anilines is 1. The van der Waals surface area contributed by atoms with Crippen LogP contribution in [0.2, 0.25) is 0 Å². The second kappa shape index (κ2) is 6.60. The van der Waals surface area contributed by atoms with E-state index in [9.17, 15) is 9.18 Å². The van der Waals surface area contributed by atoms with Gasteiger partial charge in [-0.15, -0.1) is 0 Å². The zero-order chi connectivity index (χ0) is 17.3. The molecule has 0 radical (unpaired) electrons. The molecular formula is C17H21FN4O2. The maximum atomic E-state index is 14.4. The summed E-state index contributed by atoms with van der Waals surface area (Å²) in [5.41, 5.74) is 2.40. The lowest BCUT2D eigenvalue weighted by atomic mass is 10.1. The summed E-state index contributed by atoms with van der Waals surface area (Å²) in [5, 5.41) is 16.1. The molecule has 0 aliphatic carbocycles. The summed E-state index contributed by atoms with van der Waals surface area (Å²) < 4.78 is 16.0. The number of carbonyl (C=O) groups is 1. The summed E-state index contributed by atoms with van der Waals surface area (Å²) in [6.07, 6.45) is 0.787. The molecule has 7 heteroatoms. The third-order valence-corrected chi connectivity index (χ3v) is 4.27. The molecule has 1 unspecified atom stereocenters. The number of hydrogen-bond donors (Lipinski definition) is 2. The van der Waals surface area contributed by atoms with Gasteiger partial charge in [0, 0.05) is 37.0 Å². The molecule has 0 bridgehead atoms. The fourth-order valence-corrected chi connectivity index (χ4v) is 3.00. The number of aryl methyl sites for hydroxylation is 2. The molecule has 1 fully saturated rings. The lowest BCUT2D eigenvalue weighted by molar-refractivity contribution is 0.209. The molecular weight excluding hydrogens is 311 g/mol. The van der Waals surface area contributed by atoms with Crippen LogP contribution in [-0.4, -0.2) is 45.5 Å². The highest BCUT2D eigenvalue weighted by atomic mass is 19.1. The van der Waals surface area contributed by atoms with E-state index in [2.05, 4.69) is 10.4 Å². The molecule has 24 heavy (non-hydrogen) atoms. The number of amides is 2. The van der Waals surface area contributed by atoms with E-state index in [1.54, 1.807) is 21.7 Å². The van der Waals surface area contributed by atoms with Gasteiger partial charge in [0.2, 0.25) is 0 Å². The van der Waals surface area contributed by atoms with Crippen molar-refractivity contribution in [3.05, 3.63) is 41.5 Å². The fraction of sp³-hybridized carbons (Fsp3) is 0.412. The minimum Gasteiger partial charge on any atom is -0.396 e. The van der Waals surface area contributed by atoms with Crippen molar-refractivity contribution in [3.63, 3.8) is 0 Å². The normalized spacial score (nSPS) is 17.3. The van der Waals surface area contributed by atoms with Crippen LogP contribution >= 0.6 is 0 Å². The summed E-state index contributed by atoms with van der Waals surface area (Å²) in [4.78, 5) is 13.8. The van der Waals surface area contributed by atoms with Gasteiger partial charge in [-0.05, 0) is 44.5 Å². The lowest BCUT2D eigenvalue weighted by Gasteiger charge is -2.17.